The zero-order valence-corrected chi connectivity index (χ0v) is 13.9. The van der Waals surface area contributed by atoms with Crippen LogP contribution in [0.3, 0.4) is 0 Å². The largest absolute Gasteiger partial charge is 0.392 e. The first kappa shape index (κ1) is 18.9. The molecule has 3 unspecified atom stereocenters. The highest BCUT2D eigenvalue weighted by Gasteiger charge is 2.35. The molecule has 124 valence electrons. The fourth-order valence-corrected chi connectivity index (χ4v) is 2.98. The number of rotatable bonds is 5. The fraction of sp³-hybridized carbons (Fsp3) is 0.588. The third-order valence-corrected chi connectivity index (χ3v) is 4.60. The lowest BCUT2D eigenvalue weighted by atomic mass is 9.73. The molecule has 1 aromatic carbocycles. The molecular formula is C17H27ClN2O2. The molecule has 2 rings (SSSR count). The Morgan fingerprint density at radius 1 is 1.41 bits per heavy atom. The summed E-state index contributed by atoms with van der Waals surface area (Å²) in [4.78, 5) is 12.0. The molecule has 1 fully saturated rings. The summed E-state index contributed by atoms with van der Waals surface area (Å²) in [6, 6.07) is 9.37. The number of halogens is 1. The number of carbonyl (C=O) groups excluding carboxylic acids is 1. The maximum atomic E-state index is 12.0. The lowest BCUT2D eigenvalue weighted by molar-refractivity contribution is -0.122. The Balaban J connectivity index is 0.00000242. The molecule has 0 aromatic heterocycles. The van der Waals surface area contributed by atoms with Crippen LogP contribution in [0.2, 0.25) is 0 Å². The number of aliphatic hydroxyl groups is 1. The molecule has 0 spiro atoms. The second-order valence-electron chi connectivity index (χ2n) is 6.41. The molecule has 1 saturated carbocycles. The van der Waals surface area contributed by atoms with Crippen molar-refractivity contribution >= 4 is 18.3 Å². The number of nitrogens with two attached hydrogens (primary N) is 1. The quantitative estimate of drug-likeness (QED) is 0.778. The molecule has 0 aliphatic heterocycles. The molecule has 4 N–H and O–H groups in total. The van der Waals surface area contributed by atoms with Crippen LogP contribution >= 0.6 is 12.4 Å². The number of carbonyl (C=O) groups is 1. The Labute approximate surface area is 138 Å². The van der Waals surface area contributed by atoms with Crippen molar-refractivity contribution < 1.29 is 9.90 Å². The normalized spacial score (nSPS) is 25.9. The lowest BCUT2D eigenvalue weighted by Gasteiger charge is -2.38. The van der Waals surface area contributed by atoms with Crippen LogP contribution < -0.4 is 11.1 Å². The van der Waals surface area contributed by atoms with Gasteiger partial charge in [-0.2, -0.15) is 0 Å². The van der Waals surface area contributed by atoms with Gasteiger partial charge in [0.1, 0.15) is 0 Å². The van der Waals surface area contributed by atoms with Crippen molar-refractivity contribution in [3.8, 4) is 0 Å². The number of hydrogen-bond donors (Lipinski definition) is 3. The molecule has 5 heteroatoms. The first-order valence-corrected chi connectivity index (χ1v) is 7.76. The molecule has 4 nitrogen and oxygen atoms in total. The van der Waals surface area contributed by atoms with E-state index in [0.717, 1.165) is 31.2 Å². The van der Waals surface area contributed by atoms with Gasteiger partial charge in [-0.05, 0) is 18.4 Å². The van der Waals surface area contributed by atoms with Gasteiger partial charge in [-0.25, -0.2) is 0 Å². The van der Waals surface area contributed by atoms with Gasteiger partial charge in [-0.15, -0.1) is 12.4 Å². The SMILES string of the molecule is CC1(CNC(=O)CC(N)c2ccccc2)CCCCC1O.Cl. The molecule has 0 saturated heterocycles. The van der Waals surface area contributed by atoms with E-state index in [2.05, 4.69) is 5.32 Å². The highest BCUT2D eigenvalue weighted by Crippen LogP contribution is 2.35. The fourth-order valence-electron chi connectivity index (χ4n) is 2.98. The second kappa shape index (κ2) is 8.51. The zero-order chi connectivity index (χ0) is 15.3. The van der Waals surface area contributed by atoms with Crippen LogP contribution in [0.4, 0.5) is 0 Å². The average Bonchev–Trinajstić information content (AvgIpc) is 2.49. The van der Waals surface area contributed by atoms with Crippen LogP contribution in [0.25, 0.3) is 0 Å². The van der Waals surface area contributed by atoms with Crippen molar-refractivity contribution in [2.75, 3.05) is 6.54 Å². The highest BCUT2D eigenvalue weighted by molar-refractivity contribution is 5.85. The summed E-state index contributed by atoms with van der Waals surface area (Å²) < 4.78 is 0. The Hall–Kier alpha value is -1.10. The highest BCUT2D eigenvalue weighted by atomic mass is 35.5. The number of nitrogens with one attached hydrogen (secondary N) is 1. The molecule has 1 aromatic rings. The summed E-state index contributed by atoms with van der Waals surface area (Å²) in [5.74, 6) is -0.0506. The van der Waals surface area contributed by atoms with Crippen LogP contribution in [0.1, 0.15) is 50.6 Å². The summed E-state index contributed by atoms with van der Waals surface area (Å²) in [6.07, 6.45) is 3.93. The van der Waals surface area contributed by atoms with E-state index in [-0.39, 0.29) is 42.3 Å². The topological polar surface area (TPSA) is 75.4 Å². The summed E-state index contributed by atoms with van der Waals surface area (Å²) in [5, 5.41) is 13.1. The van der Waals surface area contributed by atoms with E-state index in [4.69, 9.17) is 5.73 Å². The Morgan fingerprint density at radius 3 is 2.73 bits per heavy atom. The summed E-state index contributed by atoms with van der Waals surface area (Å²) >= 11 is 0. The molecule has 1 amide bonds. The maximum absolute atomic E-state index is 12.0. The summed E-state index contributed by atoms with van der Waals surface area (Å²) in [6.45, 7) is 2.57. The van der Waals surface area contributed by atoms with Crippen LogP contribution in [-0.4, -0.2) is 23.7 Å². The van der Waals surface area contributed by atoms with E-state index in [1.807, 2.05) is 37.3 Å². The van der Waals surface area contributed by atoms with E-state index in [1.54, 1.807) is 0 Å². The van der Waals surface area contributed by atoms with Crippen LogP contribution in [-0.2, 0) is 4.79 Å². The van der Waals surface area contributed by atoms with Crippen molar-refractivity contribution in [1.29, 1.82) is 0 Å². The van der Waals surface area contributed by atoms with Crippen LogP contribution in [0.15, 0.2) is 30.3 Å². The van der Waals surface area contributed by atoms with Gasteiger partial charge in [-0.3, -0.25) is 4.79 Å². The number of benzene rings is 1. The molecule has 1 aliphatic carbocycles. The average molecular weight is 327 g/mol. The molecular weight excluding hydrogens is 300 g/mol. The van der Waals surface area contributed by atoms with Crippen LogP contribution in [0, 0.1) is 5.41 Å². The monoisotopic (exact) mass is 326 g/mol. The van der Waals surface area contributed by atoms with Gasteiger partial charge in [0.05, 0.1) is 6.10 Å². The van der Waals surface area contributed by atoms with Gasteiger partial charge < -0.3 is 16.2 Å². The van der Waals surface area contributed by atoms with Crippen molar-refractivity contribution in [3.63, 3.8) is 0 Å². The Kier molecular flexibility index (Phi) is 7.33. The minimum Gasteiger partial charge on any atom is -0.392 e. The van der Waals surface area contributed by atoms with Gasteiger partial charge in [-0.1, -0.05) is 50.1 Å². The third kappa shape index (κ3) is 4.97. The minimum absolute atomic E-state index is 0. The third-order valence-electron chi connectivity index (χ3n) is 4.60. The first-order chi connectivity index (χ1) is 10.0. The minimum atomic E-state index is -0.325. The molecule has 0 bridgehead atoms. The van der Waals surface area contributed by atoms with Crippen LogP contribution in [0.5, 0.6) is 0 Å². The number of amides is 1. The van der Waals surface area contributed by atoms with E-state index in [0.29, 0.717) is 6.54 Å². The van der Waals surface area contributed by atoms with E-state index in [1.165, 1.54) is 0 Å². The molecule has 0 heterocycles. The van der Waals surface area contributed by atoms with E-state index < -0.39 is 0 Å². The predicted molar refractivity (Wildman–Crippen MR) is 90.8 cm³/mol. The number of aliphatic hydroxyl groups excluding tert-OH is 1. The van der Waals surface area contributed by atoms with Crippen molar-refractivity contribution in [2.24, 2.45) is 11.1 Å². The second-order valence-corrected chi connectivity index (χ2v) is 6.41. The van der Waals surface area contributed by atoms with Gasteiger partial charge in [0.15, 0.2) is 0 Å². The van der Waals surface area contributed by atoms with Gasteiger partial charge >= 0.3 is 0 Å². The molecule has 1 aliphatic rings. The number of hydrogen-bond acceptors (Lipinski definition) is 3. The van der Waals surface area contributed by atoms with Crippen molar-refractivity contribution in [3.05, 3.63) is 35.9 Å². The molecule has 22 heavy (non-hydrogen) atoms. The first-order valence-electron chi connectivity index (χ1n) is 7.76. The Morgan fingerprint density at radius 2 is 2.09 bits per heavy atom. The predicted octanol–water partition coefficient (Wildman–Crippen LogP) is 2.56. The molecule has 0 radical (unpaired) electrons. The van der Waals surface area contributed by atoms with Gasteiger partial charge in [0.25, 0.3) is 0 Å². The standard InChI is InChI=1S/C17H26N2O2.ClH/c1-17(10-6-5-9-15(17)20)12-19-16(21)11-14(18)13-7-3-2-4-8-13;/h2-4,7-8,14-15,20H,5-6,9-12,18H2,1H3,(H,19,21);1H. The summed E-state index contributed by atoms with van der Waals surface area (Å²) in [7, 11) is 0. The molecule has 3 atom stereocenters. The Bertz CT molecular complexity index is 469. The van der Waals surface area contributed by atoms with E-state index >= 15 is 0 Å². The zero-order valence-electron chi connectivity index (χ0n) is 13.1. The van der Waals surface area contributed by atoms with Crippen molar-refractivity contribution in [2.45, 2.75) is 51.2 Å². The smallest absolute Gasteiger partial charge is 0.221 e. The van der Waals surface area contributed by atoms with E-state index in [9.17, 15) is 9.90 Å². The van der Waals surface area contributed by atoms with Gasteiger partial charge in [0.2, 0.25) is 5.91 Å². The maximum Gasteiger partial charge on any atom is 0.221 e. The lowest BCUT2D eigenvalue weighted by Crippen LogP contribution is -2.45. The summed E-state index contributed by atoms with van der Waals surface area (Å²) in [5.41, 5.74) is 6.82. The van der Waals surface area contributed by atoms with Crippen molar-refractivity contribution in [1.82, 2.24) is 5.32 Å². The van der Waals surface area contributed by atoms with Gasteiger partial charge in [0, 0.05) is 24.4 Å².